The Bertz CT molecular complexity index is 334. The number of carbonyl (C=O) groups is 2. The Balaban J connectivity index is 2.48. The summed E-state index contributed by atoms with van der Waals surface area (Å²) in [5, 5.41) is 8.41. The van der Waals surface area contributed by atoms with Gasteiger partial charge in [-0.15, -0.1) is 6.58 Å². The van der Waals surface area contributed by atoms with Gasteiger partial charge in [0.25, 0.3) is 0 Å². The predicted octanol–water partition coefficient (Wildman–Crippen LogP) is 1.68. The molecule has 1 aliphatic carbocycles. The standard InChI is InChI=1S/C13H18O5/c1-2-9-17-10-5-3-4-6-11(10)18-13(16)8-7-12(14)15/h2,7-8,10-11H,1,3-6,9H2,(H,14,15). The van der Waals surface area contributed by atoms with Gasteiger partial charge in [0.1, 0.15) is 6.10 Å². The number of aliphatic carboxylic acids is 1. The van der Waals surface area contributed by atoms with E-state index in [1.165, 1.54) is 0 Å². The minimum atomic E-state index is -1.17. The summed E-state index contributed by atoms with van der Waals surface area (Å²) in [6.45, 7) is 3.99. The molecule has 5 heteroatoms. The monoisotopic (exact) mass is 254 g/mol. The number of carboxylic acid groups (broad SMARTS) is 1. The van der Waals surface area contributed by atoms with E-state index in [0.717, 1.165) is 37.8 Å². The highest BCUT2D eigenvalue weighted by atomic mass is 16.6. The molecule has 0 spiro atoms. The summed E-state index contributed by atoms with van der Waals surface area (Å²) >= 11 is 0. The molecule has 0 heterocycles. The molecule has 1 saturated carbocycles. The number of hydrogen-bond donors (Lipinski definition) is 1. The Kier molecular flexibility index (Phi) is 6.14. The van der Waals surface area contributed by atoms with Crippen LogP contribution in [-0.4, -0.2) is 35.9 Å². The lowest BCUT2D eigenvalue weighted by atomic mass is 9.94. The van der Waals surface area contributed by atoms with Gasteiger partial charge in [-0.05, 0) is 19.3 Å². The number of ether oxygens (including phenoxy) is 2. The number of carbonyl (C=O) groups excluding carboxylic acids is 1. The molecule has 0 radical (unpaired) electrons. The Morgan fingerprint density at radius 3 is 2.50 bits per heavy atom. The van der Waals surface area contributed by atoms with Crippen LogP contribution in [0, 0.1) is 0 Å². The largest absolute Gasteiger partial charge is 0.478 e. The van der Waals surface area contributed by atoms with Gasteiger partial charge < -0.3 is 14.6 Å². The highest BCUT2D eigenvalue weighted by Crippen LogP contribution is 2.24. The fourth-order valence-electron chi connectivity index (χ4n) is 1.91. The maximum Gasteiger partial charge on any atom is 0.331 e. The van der Waals surface area contributed by atoms with E-state index in [1.54, 1.807) is 6.08 Å². The van der Waals surface area contributed by atoms with Crippen molar-refractivity contribution in [2.24, 2.45) is 0 Å². The van der Waals surface area contributed by atoms with Crippen molar-refractivity contribution in [1.82, 2.24) is 0 Å². The van der Waals surface area contributed by atoms with Crippen LogP contribution >= 0.6 is 0 Å². The van der Waals surface area contributed by atoms with Gasteiger partial charge in [-0.3, -0.25) is 0 Å². The minimum absolute atomic E-state index is 0.126. The zero-order valence-electron chi connectivity index (χ0n) is 10.2. The normalized spacial score (nSPS) is 23.8. The Morgan fingerprint density at radius 1 is 1.22 bits per heavy atom. The number of esters is 1. The van der Waals surface area contributed by atoms with Crippen molar-refractivity contribution in [1.29, 1.82) is 0 Å². The summed E-state index contributed by atoms with van der Waals surface area (Å²) in [7, 11) is 0. The summed E-state index contributed by atoms with van der Waals surface area (Å²) in [5.41, 5.74) is 0. The molecular weight excluding hydrogens is 236 g/mol. The lowest BCUT2D eigenvalue weighted by Crippen LogP contribution is -2.36. The molecule has 5 nitrogen and oxygen atoms in total. The van der Waals surface area contributed by atoms with Crippen LogP contribution in [-0.2, 0) is 19.1 Å². The van der Waals surface area contributed by atoms with E-state index in [2.05, 4.69) is 6.58 Å². The quantitative estimate of drug-likeness (QED) is 0.443. The van der Waals surface area contributed by atoms with Gasteiger partial charge in [0, 0.05) is 12.2 Å². The zero-order chi connectivity index (χ0) is 13.4. The third kappa shape index (κ3) is 5.14. The van der Waals surface area contributed by atoms with Crippen LogP contribution in [0.3, 0.4) is 0 Å². The molecule has 0 bridgehead atoms. The molecule has 2 atom stereocenters. The second-order valence-corrected chi connectivity index (χ2v) is 4.09. The minimum Gasteiger partial charge on any atom is -0.478 e. The molecular formula is C13H18O5. The number of hydrogen-bond acceptors (Lipinski definition) is 4. The Labute approximate surface area is 106 Å². The second-order valence-electron chi connectivity index (χ2n) is 4.09. The smallest absolute Gasteiger partial charge is 0.331 e. The fourth-order valence-corrected chi connectivity index (χ4v) is 1.91. The highest BCUT2D eigenvalue weighted by molar-refractivity contribution is 5.90. The lowest BCUT2D eigenvalue weighted by molar-refractivity contribution is -0.154. The first-order valence-corrected chi connectivity index (χ1v) is 5.97. The number of rotatable bonds is 6. The molecule has 0 aromatic heterocycles. The first-order valence-electron chi connectivity index (χ1n) is 5.97. The molecule has 0 aromatic carbocycles. The van der Waals surface area contributed by atoms with E-state index in [-0.39, 0.29) is 12.2 Å². The van der Waals surface area contributed by atoms with E-state index in [1.807, 2.05) is 0 Å². The summed E-state index contributed by atoms with van der Waals surface area (Å²) in [6, 6.07) is 0. The van der Waals surface area contributed by atoms with E-state index < -0.39 is 11.9 Å². The molecule has 1 N–H and O–H groups in total. The molecule has 0 aromatic rings. The summed E-state index contributed by atoms with van der Waals surface area (Å²) in [6.07, 6.45) is 6.52. The molecule has 0 amide bonds. The van der Waals surface area contributed by atoms with E-state index in [4.69, 9.17) is 14.6 Å². The Hall–Kier alpha value is -1.62. The summed E-state index contributed by atoms with van der Waals surface area (Å²) in [4.78, 5) is 21.7. The van der Waals surface area contributed by atoms with Crippen LogP contribution in [0.25, 0.3) is 0 Å². The maximum absolute atomic E-state index is 11.4. The van der Waals surface area contributed by atoms with Gasteiger partial charge >= 0.3 is 11.9 Å². The van der Waals surface area contributed by atoms with Crippen molar-refractivity contribution in [3.05, 3.63) is 24.8 Å². The van der Waals surface area contributed by atoms with Crippen LogP contribution in [0.2, 0.25) is 0 Å². The predicted molar refractivity (Wildman–Crippen MR) is 65.1 cm³/mol. The van der Waals surface area contributed by atoms with Crippen LogP contribution in [0.4, 0.5) is 0 Å². The van der Waals surface area contributed by atoms with Crippen molar-refractivity contribution >= 4 is 11.9 Å². The van der Waals surface area contributed by atoms with E-state index in [0.29, 0.717) is 6.61 Å². The lowest BCUT2D eigenvalue weighted by Gasteiger charge is -2.30. The second kappa shape index (κ2) is 7.66. The third-order valence-corrected chi connectivity index (χ3v) is 2.70. The van der Waals surface area contributed by atoms with Crippen molar-refractivity contribution in [3.63, 3.8) is 0 Å². The maximum atomic E-state index is 11.4. The molecule has 0 saturated heterocycles. The highest BCUT2D eigenvalue weighted by Gasteiger charge is 2.28. The van der Waals surface area contributed by atoms with Crippen molar-refractivity contribution < 1.29 is 24.2 Å². The molecule has 1 aliphatic rings. The van der Waals surface area contributed by atoms with Crippen LogP contribution in [0.15, 0.2) is 24.8 Å². The topological polar surface area (TPSA) is 72.8 Å². The van der Waals surface area contributed by atoms with Crippen LogP contribution in [0.1, 0.15) is 25.7 Å². The first-order chi connectivity index (χ1) is 8.63. The van der Waals surface area contributed by atoms with Gasteiger partial charge in [-0.25, -0.2) is 9.59 Å². The van der Waals surface area contributed by atoms with Gasteiger partial charge in [0.15, 0.2) is 0 Å². The van der Waals surface area contributed by atoms with Gasteiger partial charge in [-0.2, -0.15) is 0 Å². The average Bonchev–Trinajstić information content (AvgIpc) is 2.35. The van der Waals surface area contributed by atoms with Crippen molar-refractivity contribution in [2.75, 3.05) is 6.61 Å². The zero-order valence-corrected chi connectivity index (χ0v) is 10.2. The number of carboxylic acids is 1. The van der Waals surface area contributed by atoms with Crippen molar-refractivity contribution in [2.45, 2.75) is 37.9 Å². The van der Waals surface area contributed by atoms with Gasteiger partial charge in [0.05, 0.1) is 12.7 Å². The molecule has 2 unspecified atom stereocenters. The van der Waals surface area contributed by atoms with Gasteiger partial charge in [-0.1, -0.05) is 12.5 Å². The van der Waals surface area contributed by atoms with Crippen LogP contribution in [0.5, 0.6) is 0 Å². The molecule has 0 aliphatic heterocycles. The Morgan fingerprint density at radius 2 is 1.89 bits per heavy atom. The van der Waals surface area contributed by atoms with Crippen LogP contribution < -0.4 is 0 Å². The summed E-state index contributed by atoms with van der Waals surface area (Å²) in [5.74, 6) is -1.81. The van der Waals surface area contributed by atoms with Gasteiger partial charge in [0.2, 0.25) is 0 Å². The SMILES string of the molecule is C=CCOC1CCCCC1OC(=O)C=CC(=O)O. The average molecular weight is 254 g/mol. The van der Waals surface area contributed by atoms with E-state index in [9.17, 15) is 9.59 Å². The molecule has 100 valence electrons. The molecule has 18 heavy (non-hydrogen) atoms. The first kappa shape index (κ1) is 14.4. The molecule has 1 rings (SSSR count). The van der Waals surface area contributed by atoms with E-state index >= 15 is 0 Å². The summed E-state index contributed by atoms with van der Waals surface area (Å²) < 4.78 is 10.7. The fraction of sp³-hybridized carbons (Fsp3) is 0.538. The third-order valence-electron chi connectivity index (χ3n) is 2.70. The molecule has 1 fully saturated rings. The van der Waals surface area contributed by atoms with Crippen molar-refractivity contribution in [3.8, 4) is 0 Å².